The van der Waals surface area contributed by atoms with Crippen LogP contribution in [0.15, 0.2) is 41.3 Å². The summed E-state index contributed by atoms with van der Waals surface area (Å²) in [5.74, 6) is 0.562. The van der Waals surface area contributed by atoms with E-state index in [4.69, 9.17) is 4.74 Å². The lowest BCUT2D eigenvalue weighted by Gasteiger charge is -2.35. The molecule has 0 saturated carbocycles. The van der Waals surface area contributed by atoms with Crippen molar-refractivity contribution in [2.75, 3.05) is 56.1 Å². The highest BCUT2D eigenvalue weighted by atomic mass is 32.2. The summed E-state index contributed by atoms with van der Waals surface area (Å²) in [6, 6.07) is 7.96. The fraction of sp³-hybridized carbons (Fsp3) is 0.455. The van der Waals surface area contributed by atoms with Crippen molar-refractivity contribution in [2.24, 2.45) is 0 Å². The Morgan fingerprint density at radius 2 is 1.66 bits per heavy atom. The molecule has 174 valence electrons. The third kappa shape index (κ3) is 4.25. The van der Waals surface area contributed by atoms with E-state index in [1.807, 2.05) is 7.05 Å². The summed E-state index contributed by atoms with van der Waals surface area (Å²) in [6.45, 7) is 3.24. The van der Waals surface area contributed by atoms with Gasteiger partial charge in [-0.05, 0) is 55.8 Å². The van der Waals surface area contributed by atoms with E-state index in [0.717, 1.165) is 42.6 Å². The second-order valence-corrected chi connectivity index (χ2v) is 10.0. The van der Waals surface area contributed by atoms with E-state index in [1.54, 1.807) is 12.1 Å². The van der Waals surface area contributed by atoms with E-state index in [2.05, 4.69) is 9.80 Å². The second-order valence-electron chi connectivity index (χ2n) is 8.15. The fourth-order valence-corrected chi connectivity index (χ4v) is 5.77. The highest BCUT2D eigenvalue weighted by molar-refractivity contribution is 7.92. The number of sulfonamides is 1. The lowest BCUT2D eigenvalue weighted by Crippen LogP contribution is -2.44. The summed E-state index contributed by atoms with van der Waals surface area (Å²) in [4.78, 5) is 4.30. The summed E-state index contributed by atoms with van der Waals surface area (Å²) in [7, 11) is -0.505. The zero-order chi connectivity index (χ0) is 23.1. The Morgan fingerprint density at radius 1 is 0.938 bits per heavy atom. The predicted molar refractivity (Wildman–Crippen MR) is 117 cm³/mol. The van der Waals surface area contributed by atoms with Crippen LogP contribution in [0.3, 0.4) is 0 Å². The Kier molecular flexibility index (Phi) is 6.02. The monoisotopic (exact) mass is 469 g/mol. The molecule has 0 bridgehead atoms. The molecule has 2 aliphatic rings. The summed E-state index contributed by atoms with van der Waals surface area (Å²) in [5, 5.41) is 0. The molecule has 0 unspecified atom stereocenters. The zero-order valence-electron chi connectivity index (χ0n) is 18.0. The highest BCUT2D eigenvalue weighted by Gasteiger charge is 2.35. The van der Waals surface area contributed by atoms with Crippen LogP contribution < -0.4 is 13.9 Å². The number of hydrogen-bond donors (Lipinski definition) is 0. The number of hydrogen-bond acceptors (Lipinski definition) is 5. The molecular weight excluding hydrogens is 443 g/mol. The van der Waals surface area contributed by atoms with Gasteiger partial charge in [-0.3, -0.25) is 4.31 Å². The maximum atomic E-state index is 13.6. The second kappa shape index (κ2) is 8.47. The van der Waals surface area contributed by atoms with Crippen LogP contribution in [0.5, 0.6) is 5.75 Å². The van der Waals surface area contributed by atoms with E-state index < -0.39 is 21.8 Å². The first-order chi connectivity index (χ1) is 15.1. The molecule has 10 heteroatoms. The number of nitrogens with zero attached hydrogens (tertiary/aromatic N) is 3. The zero-order valence-corrected chi connectivity index (χ0v) is 18.8. The van der Waals surface area contributed by atoms with Crippen molar-refractivity contribution in [1.82, 2.24) is 4.90 Å². The number of rotatable bonds is 4. The van der Waals surface area contributed by atoms with Crippen LogP contribution >= 0.6 is 0 Å². The maximum absolute atomic E-state index is 13.6. The Labute approximate surface area is 186 Å². The molecule has 32 heavy (non-hydrogen) atoms. The largest absolute Gasteiger partial charge is 0.495 e. The molecule has 2 aromatic carbocycles. The van der Waals surface area contributed by atoms with Gasteiger partial charge < -0.3 is 14.5 Å². The average molecular weight is 470 g/mol. The van der Waals surface area contributed by atoms with Crippen molar-refractivity contribution in [3.63, 3.8) is 0 Å². The van der Waals surface area contributed by atoms with Gasteiger partial charge in [0.2, 0.25) is 0 Å². The smallest absolute Gasteiger partial charge is 0.416 e. The van der Waals surface area contributed by atoms with Crippen LogP contribution in [-0.4, -0.2) is 60.2 Å². The molecule has 2 aromatic rings. The lowest BCUT2D eigenvalue weighted by molar-refractivity contribution is -0.137. The van der Waals surface area contributed by atoms with E-state index >= 15 is 0 Å². The van der Waals surface area contributed by atoms with Crippen molar-refractivity contribution in [2.45, 2.75) is 23.9 Å². The minimum atomic E-state index is -4.55. The number of piperazine rings is 1. The SMILES string of the molecule is COc1ccc(S(=O)(=O)N2CCCc3ccc(C(F)(F)F)cc32)cc1N1CCN(C)CC1. The van der Waals surface area contributed by atoms with Gasteiger partial charge in [0.05, 0.1) is 28.9 Å². The maximum Gasteiger partial charge on any atom is 0.416 e. The summed E-state index contributed by atoms with van der Waals surface area (Å²) < 4.78 is 73.6. The Hall–Kier alpha value is -2.46. The first-order valence-electron chi connectivity index (χ1n) is 10.5. The molecule has 1 fully saturated rings. The summed E-state index contributed by atoms with van der Waals surface area (Å²) in [5.41, 5.74) is 0.512. The van der Waals surface area contributed by atoms with Gasteiger partial charge in [0.15, 0.2) is 0 Å². The number of likely N-dealkylation sites (N-methyl/N-ethyl adjacent to an activating group) is 1. The minimum absolute atomic E-state index is 0.0393. The van der Waals surface area contributed by atoms with Crippen LogP contribution in [0, 0.1) is 0 Å². The molecule has 0 N–H and O–H groups in total. The van der Waals surface area contributed by atoms with Crippen LogP contribution in [0.4, 0.5) is 24.5 Å². The number of aryl methyl sites for hydroxylation is 1. The van der Waals surface area contributed by atoms with Gasteiger partial charge in [0, 0.05) is 32.7 Å². The van der Waals surface area contributed by atoms with E-state index in [1.165, 1.54) is 19.2 Å². The standard InChI is InChI=1S/C22H26F3N3O3S/c1-26-10-12-27(13-11-26)20-15-18(7-8-21(20)31-2)32(29,30)28-9-3-4-16-5-6-17(14-19(16)28)22(23,24)25/h5-8,14-15H,3-4,9-13H2,1-2H3. The molecule has 0 aliphatic carbocycles. The van der Waals surface area contributed by atoms with Crippen molar-refractivity contribution >= 4 is 21.4 Å². The molecular formula is C22H26F3N3O3S. The van der Waals surface area contributed by atoms with Gasteiger partial charge in [-0.25, -0.2) is 8.42 Å². The third-order valence-corrected chi connectivity index (χ3v) is 7.88. The number of fused-ring (bicyclic) bond motifs is 1. The minimum Gasteiger partial charge on any atom is -0.495 e. The number of benzene rings is 2. The Bertz CT molecular complexity index is 1100. The number of methoxy groups -OCH3 is 1. The van der Waals surface area contributed by atoms with Gasteiger partial charge in [-0.1, -0.05) is 6.07 Å². The fourth-order valence-electron chi connectivity index (χ4n) is 4.22. The van der Waals surface area contributed by atoms with Gasteiger partial charge in [-0.2, -0.15) is 13.2 Å². The number of ether oxygens (including phenoxy) is 1. The first kappa shape index (κ1) is 22.7. The normalized spacial score (nSPS) is 17.9. The van der Waals surface area contributed by atoms with Crippen LogP contribution in [0.1, 0.15) is 17.5 Å². The average Bonchev–Trinajstić information content (AvgIpc) is 2.77. The quantitative estimate of drug-likeness (QED) is 0.685. The number of halogens is 3. The molecule has 4 rings (SSSR count). The third-order valence-electron chi connectivity index (χ3n) is 6.07. The van der Waals surface area contributed by atoms with Crippen LogP contribution in [0.2, 0.25) is 0 Å². The van der Waals surface area contributed by atoms with E-state index in [9.17, 15) is 21.6 Å². The van der Waals surface area contributed by atoms with Gasteiger partial charge in [-0.15, -0.1) is 0 Å². The summed E-state index contributed by atoms with van der Waals surface area (Å²) in [6.07, 6.45) is -3.47. The molecule has 6 nitrogen and oxygen atoms in total. The van der Waals surface area contributed by atoms with Crippen molar-refractivity contribution in [3.05, 3.63) is 47.5 Å². The topological polar surface area (TPSA) is 53.1 Å². The number of anilines is 2. The van der Waals surface area contributed by atoms with E-state index in [0.29, 0.717) is 29.8 Å². The Balaban J connectivity index is 1.74. The lowest BCUT2D eigenvalue weighted by atomic mass is 10.0. The molecule has 0 aromatic heterocycles. The molecule has 2 heterocycles. The molecule has 0 spiro atoms. The van der Waals surface area contributed by atoms with Crippen molar-refractivity contribution < 1.29 is 26.3 Å². The first-order valence-corrected chi connectivity index (χ1v) is 11.9. The predicted octanol–water partition coefficient (Wildman–Crippen LogP) is 3.61. The van der Waals surface area contributed by atoms with Crippen molar-refractivity contribution in [3.8, 4) is 5.75 Å². The molecule has 0 radical (unpaired) electrons. The van der Waals surface area contributed by atoms with E-state index in [-0.39, 0.29) is 17.1 Å². The number of alkyl halides is 3. The molecule has 2 aliphatic heterocycles. The molecule has 1 saturated heterocycles. The highest BCUT2D eigenvalue weighted by Crippen LogP contribution is 2.39. The van der Waals surface area contributed by atoms with Crippen molar-refractivity contribution in [1.29, 1.82) is 0 Å². The van der Waals surface area contributed by atoms with Gasteiger partial charge in [0.25, 0.3) is 10.0 Å². The summed E-state index contributed by atoms with van der Waals surface area (Å²) >= 11 is 0. The Morgan fingerprint density at radius 3 is 2.31 bits per heavy atom. The van der Waals surface area contributed by atoms with Gasteiger partial charge >= 0.3 is 6.18 Å². The molecule has 0 amide bonds. The van der Waals surface area contributed by atoms with Gasteiger partial charge in [0.1, 0.15) is 5.75 Å². The van der Waals surface area contributed by atoms with Crippen LogP contribution in [-0.2, 0) is 22.6 Å². The molecule has 0 atom stereocenters. The van der Waals surface area contributed by atoms with Crippen LogP contribution in [0.25, 0.3) is 0 Å².